The largest absolute Gasteiger partial charge is 0.369 e. The van der Waals surface area contributed by atoms with Crippen LogP contribution in [0.5, 0.6) is 0 Å². The Morgan fingerprint density at radius 1 is 1.21 bits per heavy atom. The van der Waals surface area contributed by atoms with Crippen LogP contribution in [0.25, 0.3) is 0 Å². The van der Waals surface area contributed by atoms with Crippen molar-refractivity contribution >= 4 is 21.9 Å². The zero-order valence-electron chi connectivity index (χ0n) is 7.56. The van der Waals surface area contributed by atoms with Crippen molar-refractivity contribution in [2.45, 2.75) is 12.8 Å². The molecule has 0 radical (unpaired) electrons. The summed E-state index contributed by atoms with van der Waals surface area (Å²) >= 11 is 0. The first-order valence-corrected chi connectivity index (χ1v) is 5.47. The molecule has 0 aliphatic heterocycles. The van der Waals surface area contributed by atoms with E-state index in [1.807, 2.05) is 0 Å². The molecule has 0 unspecified atom stereocenters. The number of amides is 2. The topological polar surface area (TPSA) is 141 Å². The Morgan fingerprint density at radius 2 is 1.43 bits per heavy atom. The first-order chi connectivity index (χ1) is 6.09. The summed E-state index contributed by atoms with van der Waals surface area (Å²) in [5.41, 5.74) is 8.82. The van der Waals surface area contributed by atoms with Crippen LogP contribution in [-0.4, -0.2) is 31.0 Å². The second-order valence-electron chi connectivity index (χ2n) is 3.04. The molecule has 0 heterocycles. The number of nitrogens with two attached hydrogens (primary N) is 2. The van der Waals surface area contributed by atoms with Gasteiger partial charge in [0.05, 0.1) is 6.26 Å². The first kappa shape index (κ1) is 12.8. The van der Waals surface area contributed by atoms with E-state index < -0.39 is 27.3 Å². The van der Waals surface area contributed by atoms with Gasteiger partial charge in [-0.2, -0.15) is 8.42 Å². The lowest BCUT2D eigenvalue weighted by atomic mass is 10.1. The fraction of sp³-hybridized carbons (Fsp3) is 0.667. The molecule has 0 spiro atoms. The van der Waals surface area contributed by atoms with Crippen molar-refractivity contribution in [2.75, 3.05) is 6.26 Å². The minimum absolute atomic E-state index is 0.525. The summed E-state index contributed by atoms with van der Waals surface area (Å²) in [6, 6.07) is 0. The van der Waals surface area contributed by atoms with Gasteiger partial charge in [-0.3, -0.25) is 14.1 Å². The fourth-order valence-electron chi connectivity index (χ4n) is 0.739. The highest BCUT2D eigenvalue weighted by Gasteiger charge is 2.54. The second kappa shape index (κ2) is 3.93. The molecule has 1 rings (SSSR count). The van der Waals surface area contributed by atoms with Crippen molar-refractivity contribution in [3.05, 3.63) is 0 Å². The standard InChI is InChI=1S/C5H8N2O2.CH4O3S/c6-3(8)5(1-2-5)4(7)9;1-5(2,3)4/h1-2H2,(H2,6,8)(H2,7,9);1H3,(H,2,3,4). The Bertz CT molecular complexity index is 319. The lowest BCUT2D eigenvalue weighted by Gasteiger charge is -2.02. The Hall–Kier alpha value is -1.15. The number of rotatable bonds is 2. The van der Waals surface area contributed by atoms with Gasteiger partial charge >= 0.3 is 0 Å². The Morgan fingerprint density at radius 3 is 1.43 bits per heavy atom. The van der Waals surface area contributed by atoms with Crippen LogP contribution in [0.4, 0.5) is 0 Å². The molecular formula is C6H12N2O5S. The van der Waals surface area contributed by atoms with Crippen molar-refractivity contribution in [2.24, 2.45) is 16.9 Å². The zero-order chi connectivity index (χ0) is 11.6. The van der Waals surface area contributed by atoms with Gasteiger partial charge in [-0.05, 0) is 12.8 Å². The third-order valence-corrected chi connectivity index (χ3v) is 1.69. The highest BCUT2D eigenvalue weighted by molar-refractivity contribution is 7.85. The molecule has 5 N–H and O–H groups in total. The Kier molecular flexibility index (Phi) is 3.60. The van der Waals surface area contributed by atoms with Gasteiger partial charge in [-0.1, -0.05) is 0 Å². The van der Waals surface area contributed by atoms with Crippen molar-refractivity contribution in [3.63, 3.8) is 0 Å². The van der Waals surface area contributed by atoms with Crippen molar-refractivity contribution in [3.8, 4) is 0 Å². The minimum Gasteiger partial charge on any atom is -0.369 e. The van der Waals surface area contributed by atoms with E-state index in [0.717, 1.165) is 0 Å². The smallest absolute Gasteiger partial charge is 0.261 e. The molecule has 1 saturated carbocycles. The van der Waals surface area contributed by atoms with Gasteiger partial charge < -0.3 is 11.5 Å². The van der Waals surface area contributed by atoms with Crippen molar-refractivity contribution in [1.29, 1.82) is 0 Å². The molecule has 0 aromatic carbocycles. The van der Waals surface area contributed by atoms with Crippen molar-refractivity contribution < 1.29 is 22.6 Å². The molecule has 0 bridgehead atoms. The summed E-state index contributed by atoms with van der Waals surface area (Å²) in [5, 5.41) is 0. The van der Waals surface area contributed by atoms with Crippen LogP contribution >= 0.6 is 0 Å². The molecule has 0 saturated heterocycles. The highest BCUT2D eigenvalue weighted by atomic mass is 32.2. The second-order valence-corrected chi connectivity index (χ2v) is 4.51. The van der Waals surface area contributed by atoms with Crippen LogP contribution in [0.3, 0.4) is 0 Å². The van der Waals surface area contributed by atoms with Crippen LogP contribution in [0.2, 0.25) is 0 Å². The SMILES string of the molecule is CS(=O)(=O)O.NC(=O)C1(C(N)=O)CC1. The molecule has 1 aliphatic carbocycles. The van der Waals surface area contributed by atoms with E-state index in [1.54, 1.807) is 0 Å². The van der Waals surface area contributed by atoms with E-state index in [-0.39, 0.29) is 0 Å². The van der Waals surface area contributed by atoms with E-state index in [9.17, 15) is 18.0 Å². The summed E-state index contributed by atoms with van der Waals surface area (Å²) in [7, 11) is -3.67. The highest BCUT2D eigenvalue weighted by Crippen LogP contribution is 2.44. The van der Waals surface area contributed by atoms with E-state index >= 15 is 0 Å². The summed E-state index contributed by atoms with van der Waals surface area (Å²) in [6.45, 7) is 0. The molecule has 0 aromatic rings. The van der Waals surface area contributed by atoms with Crippen LogP contribution in [0.1, 0.15) is 12.8 Å². The summed E-state index contributed by atoms with van der Waals surface area (Å²) in [5.74, 6) is -1.18. The molecule has 82 valence electrons. The maximum Gasteiger partial charge on any atom is 0.261 e. The van der Waals surface area contributed by atoms with Gasteiger partial charge in [0.1, 0.15) is 5.41 Å². The number of primary amides is 2. The van der Waals surface area contributed by atoms with Crippen molar-refractivity contribution in [1.82, 2.24) is 0 Å². The van der Waals surface area contributed by atoms with Gasteiger partial charge in [-0.25, -0.2) is 0 Å². The Labute approximate surface area is 81.2 Å². The third kappa shape index (κ3) is 4.19. The molecule has 1 fully saturated rings. The van der Waals surface area contributed by atoms with E-state index in [1.165, 1.54) is 0 Å². The molecular weight excluding hydrogens is 212 g/mol. The average Bonchev–Trinajstić information content (AvgIpc) is 2.59. The maximum atomic E-state index is 10.4. The van der Waals surface area contributed by atoms with Gasteiger partial charge in [-0.15, -0.1) is 0 Å². The molecule has 8 heteroatoms. The van der Waals surface area contributed by atoms with Gasteiger partial charge in [0, 0.05) is 0 Å². The monoisotopic (exact) mass is 224 g/mol. The zero-order valence-corrected chi connectivity index (χ0v) is 8.37. The lowest BCUT2D eigenvalue weighted by molar-refractivity contribution is -0.133. The van der Waals surface area contributed by atoms with Crippen LogP contribution < -0.4 is 11.5 Å². The predicted molar refractivity (Wildman–Crippen MR) is 47.5 cm³/mol. The van der Waals surface area contributed by atoms with Crippen LogP contribution in [-0.2, 0) is 19.7 Å². The number of hydrogen-bond acceptors (Lipinski definition) is 4. The minimum atomic E-state index is -3.67. The summed E-state index contributed by atoms with van der Waals surface area (Å²) < 4.78 is 25.9. The van der Waals surface area contributed by atoms with E-state index in [0.29, 0.717) is 19.1 Å². The first-order valence-electron chi connectivity index (χ1n) is 3.62. The lowest BCUT2D eigenvalue weighted by Crippen LogP contribution is -2.36. The average molecular weight is 224 g/mol. The normalized spacial score (nSPS) is 17.6. The maximum absolute atomic E-state index is 10.4. The van der Waals surface area contributed by atoms with Gasteiger partial charge in [0.25, 0.3) is 10.1 Å². The molecule has 0 atom stereocenters. The molecule has 14 heavy (non-hydrogen) atoms. The Balaban J connectivity index is 0.000000292. The number of carbonyl (C=O) groups is 2. The summed E-state index contributed by atoms with van der Waals surface area (Å²) in [6.07, 6.45) is 1.77. The quantitative estimate of drug-likeness (QED) is 0.376. The van der Waals surface area contributed by atoms with Crippen LogP contribution in [0.15, 0.2) is 0 Å². The van der Waals surface area contributed by atoms with E-state index in [2.05, 4.69) is 0 Å². The summed E-state index contributed by atoms with van der Waals surface area (Å²) in [4.78, 5) is 20.9. The molecule has 0 aromatic heterocycles. The van der Waals surface area contributed by atoms with Gasteiger partial charge in [0.15, 0.2) is 0 Å². The number of hydrogen-bond donors (Lipinski definition) is 3. The fourth-order valence-corrected chi connectivity index (χ4v) is 0.739. The predicted octanol–water partition coefficient (Wildman–Crippen LogP) is -1.76. The van der Waals surface area contributed by atoms with Gasteiger partial charge in [0.2, 0.25) is 11.8 Å². The molecule has 7 nitrogen and oxygen atoms in total. The van der Waals surface area contributed by atoms with Crippen LogP contribution in [0, 0.1) is 5.41 Å². The molecule has 1 aliphatic rings. The third-order valence-electron chi connectivity index (χ3n) is 1.69. The molecule has 2 amide bonds. The van der Waals surface area contributed by atoms with E-state index in [4.69, 9.17) is 16.0 Å². The number of carbonyl (C=O) groups excluding carboxylic acids is 2.